The van der Waals surface area contributed by atoms with E-state index < -0.39 is 0 Å². The highest BCUT2D eigenvalue weighted by molar-refractivity contribution is 5.15. The van der Waals surface area contributed by atoms with Crippen LogP contribution in [0.1, 0.15) is 67.7 Å². The zero-order valence-corrected chi connectivity index (χ0v) is 13.0. The summed E-state index contributed by atoms with van der Waals surface area (Å²) in [7, 11) is 0. The van der Waals surface area contributed by atoms with Crippen molar-refractivity contribution in [2.75, 3.05) is 0 Å². The van der Waals surface area contributed by atoms with Crippen molar-refractivity contribution >= 4 is 0 Å². The fourth-order valence-corrected chi connectivity index (χ4v) is 2.13. The molecule has 0 fully saturated rings. The summed E-state index contributed by atoms with van der Waals surface area (Å²) in [5.41, 5.74) is 1.96. The van der Waals surface area contributed by atoms with Crippen LogP contribution in [0.15, 0.2) is 23.8 Å². The van der Waals surface area contributed by atoms with Gasteiger partial charge in [0.2, 0.25) is 0 Å². The van der Waals surface area contributed by atoms with Gasteiger partial charge in [-0.05, 0) is 30.6 Å². The lowest BCUT2D eigenvalue weighted by Crippen LogP contribution is -2.24. The van der Waals surface area contributed by atoms with Gasteiger partial charge in [-0.25, -0.2) is 0 Å². The molecule has 0 spiro atoms. The second-order valence-electron chi connectivity index (χ2n) is 6.05. The minimum absolute atomic E-state index is 0.451. The second-order valence-corrected chi connectivity index (χ2v) is 6.05. The number of rotatable bonds is 7. The van der Waals surface area contributed by atoms with E-state index in [0.717, 1.165) is 5.92 Å². The Morgan fingerprint density at radius 3 is 2.06 bits per heavy atom. The Morgan fingerprint density at radius 1 is 1.12 bits per heavy atom. The molecule has 0 radical (unpaired) electrons. The van der Waals surface area contributed by atoms with Crippen LogP contribution < -0.4 is 0 Å². The summed E-state index contributed by atoms with van der Waals surface area (Å²) in [6.45, 7) is 16.2. The molecule has 0 aromatic heterocycles. The van der Waals surface area contributed by atoms with Crippen molar-refractivity contribution in [3.8, 4) is 0 Å². The highest BCUT2D eigenvalue weighted by atomic mass is 14.3. The molecule has 0 nitrogen and oxygen atoms in total. The number of allylic oxidation sites excluding steroid dienone is 4. The first-order valence-electron chi connectivity index (χ1n) is 7.20. The van der Waals surface area contributed by atoms with Gasteiger partial charge in [-0.2, -0.15) is 0 Å². The van der Waals surface area contributed by atoms with Crippen molar-refractivity contribution in [1.82, 2.24) is 0 Å². The molecule has 0 aromatic rings. The zero-order valence-electron chi connectivity index (χ0n) is 13.0. The third-order valence-electron chi connectivity index (χ3n) is 4.45. The molecular formula is C17H32. The average molecular weight is 236 g/mol. The van der Waals surface area contributed by atoms with E-state index in [9.17, 15) is 0 Å². The van der Waals surface area contributed by atoms with Gasteiger partial charge in [0.25, 0.3) is 0 Å². The normalized spacial score (nSPS) is 15.9. The zero-order chi connectivity index (χ0) is 13.5. The van der Waals surface area contributed by atoms with Gasteiger partial charge in [-0.1, -0.05) is 78.2 Å². The van der Waals surface area contributed by atoms with Crippen LogP contribution in [0.3, 0.4) is 0 Å². The van der Waals surface area contributed by atoms with E-state index in [-0.39, 0.29) is 0 Å². The Bertz CT molecular complexity index is 251. The summed E-state index contributed by atoms with van der Waals surface area (Å²) < 4.78 is 0. The van der Waals surface area contributed by atoms with Crippen LogP contribution in [0.4, 0.5) is 0 Å². The Labute approximate surface area is 109 Å². The molecule has 0 saturated carbocycles. The van der Waals surface area contributed by atoms with Crippen molar-refractivity contribution in [2.45, 2.75) is 67.7 Å². The molecule has 0 aliphatic carbocycles. The standard InChI is InChI=1S/C17H32/c1-8-17(7,9-2)16(6)15(5)13-11-10-12-14(3)4/h10-11,13-14,16H,8-9,12H2,1-7H3. The van der Waals surface area contributed by atoms with E-state index in [1.807, 2.05) is 0 Å². The van der Waals surface area contributed by atoms with Gasteiger partial charge in [0.1, 0.15) is 0 Å². The maximum Gasteiger partial charge on any atom is -0.0177 e. The third kappa shape index (κ3) is 5.57. The molecule has 0 heteroatoms. The van der Waals surface area contributed by atoms with Crippen LogP contribution in [0.25, 0.3) is 0 Å². The summed E-state index contributed by atoms with van der Waals surface area (Å²) in [6.07, 6.45) is 10.5. The topological polar surface area (TPSA) is 0 Å². The Morgan fingerprint density at radius 2 is 1.65 bits per heavy atom. The lowest BCUT2D eigenvalue weighted by molar-refractivity contribution is 0.213. The second kappa shape index (κ2) is 7.74. The van der Waals surface area contributed by atoms with Gasteiger partial charge < -0.3 is 0 Å². The first kappa shape index (κ1) is 16.5. The number of hydrogen-bond donors (Lipinski definition) is 0. The van der Waals surface area contributed by atoms with Crippen molar-refractivity contribution in [3.05, 3.63) is 23.8 Å². The average Bonchev–Trinajstić information content (AvgIpc) is 2.32. The molecule has 0 aromatic carbocycles. The van der Waals surface area contributed by atoms with E-state index in [1.165, 1.54) is 24.8 Å². The molecule has 0 bridgehead atoms. The maximum absolute atomic E-state index is 2.41. The monoisotopic (exact) mass is 236 g/mol. The highest BCUT2D eigenvalue weighted by Gasteiger charge is 2.27. The Kier molecular flexibility index (Phi) is 7.50. The molecule has 0 saturated heterocycles. The highest BCUT2D eigenvalue weighted by Crippen LogP contribution is 2.38. The molecule has 0 heterocycles. The summed E-state index contributed by atoms with van der Waals surface area (Å²) in [4.78, 5) is 0. The van der Waals surface area contributed by atoms with Crippen LogP contribution in [0.2, 0.25) is 0 Å². The van der Waals surface area contributed by atoms with Crippen LogP contribution >= 0.6 is 0 Å². The minimum atomic E-state index is 0.451. The molecule has 1 unspecified atom stereocenters. The van der Waals surface area contributed by atoms with Crippen LogP contribution in [0, 0.1) is 17.3 Å². The van der Waals surface area contributed by atoms with Gasteiger partial charge in [0.15, 0.2) is 0 Å². The molecule has 17 heavy (non-hydrogen) atoms. The lowest BCUT2D eigenvalue weighted by Gasteiger charge is -2.34. The predicted octanol–water partition coefficient (Wildman–Crippen LogP) is 6.00. The van der Waals surface area contributed by atoms with Gasteiger partial charge in [0, 0.05) is 0 Å². The quantitative estimate of drug-likeness (QED) is 0.476. The summed E-state index contributed by atoms with van der Waals surface area (Å²) >= 11 is 0. The van der Waals surface area contributed by atoms with E-state index in [0.29, 0.717) is 11.3 Å². The third-order valence-corrected chi connectivity index (χ3v) is 4.45. The van der Waals surface area contributed by atoms with Crippen LogP contribution in [0.5, 0.6) is 0 Å². The van der Waals surface area contributed by atoms with Crippen LogP contribution in [-0.4, -0.2) is 0 Å². The Hall–Kier alpha value is -0.520. The summed E-state index contributed by atoms with van der Waals surface area (Å²) in [5, 5.41) is 0. The largest absolute Gasteiger partial charge is 0.0843 e. The van der Waals surface area contributed by atoms with Crippen LogP contribution in [-0.2, 0) is 0 Å². The molecule has 100 valence electrons. The number of hydrogen-bond acceptors (Lipinski definition) is 0. The first-order valence-corrected chi connectivity index (χ1v) is 7.20. The lowest BCUT2D eigenvalue weighted by atomic mass is 9.71. The van der Waals surface area contributed by atoms with E-state index >= 15 is 0 Å². The molecule has 0 rings (SSSR count). The molecular weight excluding hydrogens is 204 g/mol. The van der Waals surface area contributed by atoms with Gasteiger partial charge >= 0.3 is 0 Å². The molecule has 0 aliphatic rings. The predicted molar refractivity (Wildman–Crippen MR) is 80.2 cm³/mol. The van der Waals surface area contributed by atoms with Crippen molar-refractivity contribution in [2.24, 2.45) is 17.3 Å². The van der Waals surface area contributed by atoms with E-state index in [4.69, 9.17) is 0 Å². The van der Waals surface area contributed by atoms with E-state index in [1.54, 1.807) is 0 Å². The molecule has 1 atom stereocenters. The minimum Gasteiger partial charge on any atom is -0.0843 e. The first-order chi connectivity index (χ1) is 7.87. The fraction of sp³-hybridized carbons (Fsp3) is 0.765. The smallest absolute Gasteiger partial charge is 0.0177 e. The van der Waals surface area contributed by atoms with Gasteiger partial charge in [0.05, 0.1) is 0 Å². The van der Waals surface area contributed by atoms with Crippen molar-refractivity contribution in [1.29, 1.82) is 0 Å². The fourth-order valence-electron chi connectivity index (χ4n) is 2.13. The van der Waals surface area contributed by atoms with Gasteiger partial charge in [-0.15, -0.1) is 0 Å². The Balaban J connectivity index is 4.53. The molecule has 0 aliphatic heterocycles. The van der Waals surface area contributed by atoms with E-state index in [2.05, 4.69) is 66.7 Å². The SMILES string of the molecule is CCC(C)(CC)C(C)C(C)=CC=CCC(C)C. The van der Waals surface area contributed by atoms with Crippen molar-refractivity contribution < 1.29 is 0 Å². The summed E-state index contributed by atoms with van der Waals surface area (Å²) in [5.74, 6) is 1.43. The molecule has 0 N–H and O–H groups in total. The van der Waals surface area contributed by atoms with Crippen molar-refractivity contribution in [3.63, 3.8) is 0 Å². The maximum atomic E-state index is 2.41. The van der Waals surface area contributed by atoms with Gasteiger partial charge in [-0.3, -0.25) is 0 Å². The molecule has 0 amide bonds. The summed E-state index contributed by atoms with van der Waals surface area (Å²) in [6, 6.07) is 0.